The van der Waals surface area contributed by atoms with E-state index in [1.54, 1.807) is 36.7 Å². The number of anilines is 1. The highest BCUT2D eigenvalue weighted by atomic mass is 35.5. The van der Waals surface area contributed by atoms with Crippen molar-refractivity contribution >= 4 is 57.5 Å². The van der Waals surface area contributed by atoms with Gasteiger partial charge in [0.25, 0.3) is 5.91 Å². The van der Waals surface area contributed by atoms with Crippen LogP contribution in [0.15, 0.2) is 59.3 Å². The van der Waals surface area contributed by atoms with Gasteiger partial charge in [0.15, 0.2) is 12.2 Å². The Morgan fingerprint density at radius 2 is 1.90 bits per heavy atom. The van der Waals surface area contributed by atoms with Gasteiger partial charge in [-0.25, -0.2) is 4.98 Å². The van der Waals surface area contributed by atoms with Gasteiger partial charge in [-0.1, -0.05) is 34.8 Å². The predicted molar refractivity (Wildman–Crippen MR) is 113 cm³/mol. The van der Waals surface area contributed by atoms with Crippen molar-refractivity contribution in [3.05, 3.63) is 69.9 Å². The standard InChI is InChI=1S/C20H12Cl3N3O3/c21-13-7-15(23)18(8-14(13)22)28-10-19(27)25-12-3-4-17-16(6-12)26-20(29-17)11-2-1-5-24-9-11/h1-9H,10H2,(H,25,27). The maximum atomic E-state index is 12.2. The second-order valence-corrected chi connectivity index (χ2v) is 7.20. The first-order valence-corrected chi connectivity index (χ1v) is 9.51. The lowest BCUT2D eigenvalue weighted by Crippen LogP contribution is -2.20. The highest BCUT2D eigenvalue weighted by Gasteiger charge is 2.12. The molecule has 0 aliphatic carbocycles. The lowest BCUT2D eigenvalue weighted by Gasteiger charge is -2.09. The summed E-state index contributed by atoms with van der Waals surface area (Å²) in [4.78, 5) is 20.7. The molecule has 0 aliphatic rings. The summed E-state index contributed by atoms with van der Waals surface area (Å²) >= 11 is 17.9. The molecule has 9 heteroatoms. The number of hydrogen-bond donors (Lipinski definition) is 1. The molecule has 2 heterocycles. The molecule has 0 radical (unpaired) electrons. The molecular formula is C20H12Cl3N3O3. The van der Waals surface area contributed by atoms with Gasteiger partial charge >= 0.3 is 0 Å². The fourth-order valence-electron chi connectivity index (χ4n) is 2.57. The monoisotopic (exact) mass is 447 g/mol. The number of ether oxygens (including phenoxy) is 1. The Kier molecular flexibility index (Phi) is 5.58. The number of nitrogens with one attached hydrogen (secondary N) is 1. The number of amides is 1. The van der Waals surface area contributed by atoms with E-state index in [-0.39, 0.29) is 28.3 Å². The zero-order valence-electron chi connectivity index (χ0n) is 14.7. The number of oxazole rings is 1. The number of halogens is 3. The average molecular weight is 449 g/mol. The number of hydrogen-bond acceptors (Lipinski definition) is 5. The highest BCUT2D eigenvalue weighted by Crippen LogP contribution is 2.33. The van der Waals surface area contributed by atoms with E-state index >= 15 is 0 Å². The number of rotatable bonds is 5. The van der Waals surface area contributed by atoms with Gasteiger partial charge in [0, 0.05) is 24.1 Å². The van der Waals surface area contributed by atoms with Crippen molar-refractivity contribution in [3.63, 3.8) is 0 Å². The number of nitrogens with zero attached hydrogens (tertiary/aromatic N) is 2. The number of carbonyl (C=O) groups excluding carboxylic acids is 1. The van der Waals surface area contributed by atoms with Crippen LogP contribution in [0.25, 0.3) is 22.6 Å². The molecule has 0 aliphatic heterocycles. The summed E-state index contributed by atoms with van der Waals surface area (Å²) in [7, 11) is 0. The van der Waals surface area contributed by atoms with Crippen LogP contribution < -0.4 is 10.1 Å². The number of aromatic nitrogens is 2. The molecule has 6 nitrogen and oxygen atoms in total. The van der Waals surface area contributed by atoms with Crippen molar-refractivity contribution in [2.24, 2.45) is 0 Å². The van der Waals surface area contributed by atoms with Crippen LogP contribution in [-0.2, 0) is 4.79 Å². The third kappa shape index (κ3) is 4.45. The van der Waals surface area contributed by atoms with Gasteiger partial charge in [0.2, 0.25) is 5.89 Å². The van der Waals surface area contributed by atoms with E-state index < -0.39 is 0 Å². The van der Waals surface area contributed by atoms with Crippen molar-refractivity contribution in [2.45, 2.75) is 0 Å². The fraction of sp³-hybridized carbons (Fsp3) is 0.0500. The number of benzene rings is 2. The van der Waals surface area contributed by atoms with Crippen LogP contribution in [0.2, 0.25) is 15.1 Å². The molecule has 0 spiro atoms. The van der Waals surface area contributed by atoms with E-state index in [4.69, 9.17) is 44.0 Å². The first-order chi connectivity index (χ1) is 14.0. The quantitative estimate of drug-likeness (QED) is 0.386. The lowest BCUT2D eigenvalue weighted by molar-refractivity contribution is -0.118. The molecule has 0 bridgehead atoms. The number of carbonyl (C=O) groups is 1. The summed E-state index contributed by atoms with van der Waals surface area (Å²) in [6, 6.07) is 11.7. The van der Waals surface area contributed by atoms with Crippen LogP contribution in [0.1, 0.15) is 0 Å². The van der Waals surface area contributed by atoms with Crippen LogP contribution in [0, 0.1) is 0 Å². The van der Waals surface area contributed by atoms with Crippen LogP contribution >= 0.6 is 34.8 Å². The first-order valence-electron chi connectivity index (χ1n) is 8.38. The first kappa shape index (κ1) is 19.5. The molecular weight excluding hydrogens is 437 g/mol. The van der Waals surface area contributed by atoms with Crippen molar-refractivity contribution < 1.29 is 13.9 Å². The Bertz CT molecular complexity index is 1200. The van der Waals surface area contributed by atoms with Crippen LogP contribution in [-0.4, -0.2) is 22.5 Å². The molecule has 1 amide bonds. The molecule has 146 valence electrons. The average Bonchev–Trinajstić information content (AvgIpc) is 3.14. The summed E-state index contributed by atoms with van der Waals surface area (Å²) < 4.78 is 11.2. The third-order valence-electron chi connectivity index (χ3n) is 3.91. The summed E-state index contributed by atoms with van der Waals surface area (Å²) in [5.74, 6) is 0.348. The van der Waals surface area contributed by atoms with Gasteiger partial charge in [0.05, 0.1) is 20.6 Å². The summed E-state index contributed by atoms with van der Waals surface area (Å²) in [6.45, 7) is -0.254. The van der Waals surface area contributed by atoms with E-state index in [0.717, 1.165) is 5.56 Å². The van der Waals surface area contributed by atoms with Gasteiger partial charge < -0.3 is 14.5 Å². The van der Waals surface area contributed by atoms with Crippen molar-refractivity contribution in [2.75, 3.05) is 11.9 Å². The molecule has 29 heavy (non-hydrogen) atoms. The van der Waals surface area contributed by atoms with E-state index in [9.17, 15) is 4.79 Å². The minimum atomic E-state index is -0.373. The number of fused-ring (bicyclic) bond motifs is 1. The van der Waals surface area contributed by atoms with Crippen molar-refractivity contribution in [1.29, 1.82) is 0 Å². The molecule has 1 N–H and O–H groups in total. The SMILES string of the molecule is O=C(COc1cc(Cl)c(Cl)cc1Cl)Nc1ccc2oc(-c3cccnc3)nc2c1. The van der Waals surface area contributed by atoms with E-state index in [1.807, 2.05) is 6.07 Å². The molecule has 0 saturated carbocycles. The Labute approximate surface area is 180 Å². The number of pyridine rings is 1. The van der Waals surface area contributed by atoms with Crippen molar-refractivity contribution in [1.82, 2.24) is 9.97 Å². The topological polar surface area (TPSA) is 77.2 Å². The Morgan fingerprint density at radius 3 is 2.69 bits per heavy atom. The minimum absolute atomic E-state index is 0.254. The fourth-order valence-corrected chi connectivity index (χ4v) is 3.16. The Balaban J connectivity index is 1.45. The highest BCUT2D eigenvalue weighted by molar-refractivity contribution is 6.43. The zero-order valence-corrected chi connectivity index (χ0v) is 16.9. The summed E-state index contributed by atoms with van der Waals surface area (Å²) in [5, 5.41) is 3.59. The zero-order chi connectivity index (χ0) is 20.4. The maximum Gasteiger partial charge on any atom is 0.262 e. The smallest absolute Gasteiger partial charge is 0.262 e. The molecule has 2 aromatic heterocycles. The second-order valence-electron chi connectivity index (χ2n) is 5.98. The molecule has 4 aromatic rings. The Morgan fingerprint density at radius 1 is 1.07 bits per heavy atom. The molecule has 0 unspecified atom stereocenters. The maximum absolute atomic E-state index is 12.2. The van der Waals surface area contributed by atoms with Crippen LogP contribution in [0.5, 0.6) is 5.75 Å². The molecule has 0 fully saturated rings. The normalized spacial score (nSPS) is 10.9. The molecule has 0 atom stereocenters. The summed E-state index contributed by atoms with van der Waals surface area (Å²) in [6.07, 6.45) is 3.34. The van der Waals surface area contributed by atoms with Gasteiger partial charge in [-0.2, -0.15) is 0 Å². The summed E-state index contributed by atoms with van der Waals surface area (Å²) in [5.41, 5.74) is 2.52. The van der Waals surface area contributed by atoms with Gasteiger partial charge in [-0.15, -0.1) is 0 Å². The second kappa shape index (κ2) is 8.29. The largest absolute Gasteiger partial charge is 0.482 e. The van der Waals surface area contributed by atoms with Gasteiger partial charge in [-0.05, 0) is 36.4 Å². The van der Waals surface area contributed by atoms with E-state index in [2.05, 4.69) is 15.3 Å². The van der Waals surface area contributed by atoms with Crippen LogP contribution in [0.3, 0.4) is 0 Å². The minimum Gasteiger partial charge on any atom is -0.482 e. The van der Waals surface area contributed by atoms with Crippen LogP contribution in [0.4, 0.5) is 5.69 Å². The van der Waals surface area contributed by atoms with E-state index in [1.165, 1.54) is 12.1 Å². The predicted octanol–water partition coefficient (Wildman–Crippen LogP) is 5.87. The molecule has 4 rings (SSSR count). The van der Waals surface area contributed by atoms with Crippen molar-refractivity contribution in [3.8, 4) is 17.2 Å². The third-order valence-corrected chi connectivity index (χ3v) is 4.93. The van der Waals surface area contributed by atoms with E-state index in [0.29, 0.717) is 27.7 Å². The lowest BCUT2D eigenvalue weighted by atomic mass is 10.3. The molecule has 0 saturated heterocycles. The Hall–Kier alpha value is -2.80. The van der Waals surface area contributed by atoms with Gasteiger partial charge in [-0.3, -0.25) is 9.78 Å². The van der Waals surface area contributed by atoms with Gasteiger partial charge in [0.1, 0.15) is 11.3 Å². The molecule has 2 aromatic carbocycles.